The van der Waals surface area contributed by atoms with Gasteiger partial charge in [0.2, 0.25) is 10.0 Å². The van der Waals surface area contributed by atoms with Crippen LogP contribution in [0.5, 0.6) is 0 Å². The Kier molecular flexibility index (Phi) is 5.22. The number of rotatable bonds is 5. The van der Waals surface area contributed by atoms with Gasteiger partial charge >= 0.3 is 6.18 Å². The first-order valence-electron chi connectivity index (χ1n) is 9.31. The smallest absolute Gasteiger partial charge is 0.306 e. The van der Waals surface area contributed by atoms with Gasteiger partial charge in [0.15, 0.2) is 0 Å². The summed E-state index contributed by atoms with van der Waals surface area (Å²) in [6.45, 7) is 1.97. The second-order valence-corrected chi connectivity index (χ2v) is 8.95. The van der Waals surface area contributed by atoms with E-state index in [1.807, 2.05) is 41.9 Å². The Balaban J connectivity index is 1.53. The summed E-state index contributed by atoms with van der Waals surface area (Å²) in [7, 11) is -3.82. The first-order valence-corrected chi connectivity index (χ1v) is 11.0. The molecule has 9 heteroatoms. The monoisotopic (exact) mass is 445 g/mol. The third-order valence-corrected chi connectivity index (χ3v) is 5.95. The van der Waals surface area contributed by atoms with E-state index < -0.39 is 27.5 Å². The molecule has 31 heavy (non-hydrogen) atoms. The van der Waals surface area contributed by atoms with Gasteiger partial charge in [-0.1, -0.05) is 24.3 Å². The van der Waals surface area contributed by atoms with Crippen LogP contribution < -0.4 is 4.72 Å². The third kappa shape index (κ3) is 4.88. The zero-order valence-electron chi connectivity index (χ0n) is 16.4. The number of hydrogen-bond acceptors (Lipinski definition) is 3. The van der Waals surface area contributed by atoms with E-state index in [4.69, 9.17) is 0 Å². The lowest BCUT2D eigenvalue weighted by Gasteiger charge is -2.10. The summed E-state index contributed by atoms with van der Waals surface area (Å²) in [6.07, 6.45) is -0.713. The summed E-state index contributed by atoms with van der Waals surface area (Å²) >= 11 is 0. The molecule has 0 spiro atoms. The number of hydrogen-bond donors (Lipinski definition) is 1. The van der Waals surface area contributed by atoms with Crippen LogP contribution in [0.3, 0.4) is 0 Å². The van der Waals surface area contributed by atoms with Gasteiger partial charge in [-0.05, 0) is 54.4 Å². The van der Waals surface area contributed by atoms with E-state index in [0.717, 1.165) is 41.0 Å². The third-order valence-electron chi connectivity index (χ3n) is 4.69. The number of aromatic nitrogens is 2. The Morgan fingerprint density at radius 1 is 1.03 bits per heavy atom. The summed E-state index contributed by atoms with van der Waals surface area (Å²) in [4.78, 5) is 4.57. The summed E-state index contributed by atoms with van der Waals surface area (Å²) < 4.78 is 67.4. The topological polar surface area (TPSA) is 63.5 Å². The van der Waals surface area contributed by atoms with Crippen LogP contribution >= 0.6 is 0 Å². The van der Waals surface area contributed by atoms with Crippen LogP contribution in [0, 0.1) is 6.92 Å². The molecule has 2 aromatic heterocycles. The molecule has 2 heterocycles. The van der Waals surface area contributed by atoms with Crippen LogP contribution in [0.4, 0.5) is 18.9 Å². The highest BCUT2D eigenvalue weighted by atomic mass is 32.2. The average molecular weight is 445 g/mol. The maximum absolute atomic E-state index is 12.7. The Labute approximate surface area is 177 Å². The molecule has 0 saturated heterocycles. The fourth-order valence-corrected chi connectivity index (χ4v) is 4.38. The molecule has 160 valence electrons. The second kappa shape index (κ2) is 7.73. The van der Waals surface area contributed by atoms with E-state index in [2.05, 4.69) is 9.71 Å². The Morgan fingerprint density at radius 2 is 1.77 bits per heavy atom. The van der Waals surface area contributed by atoms with E-state index in [-0.39, 0.29) is 5.56 Å². The highest BCUT2D eigenvalue weighted by Gasteiger charge is 2.30. The number of nitrogens with zero attached hydrogens (tertiary/aromatic N) is 2. The molecule has 4 rings (SSSR count). The number of nitrogens with one attached hydrogen (secondary N) is 1. The van der Waals surface area contributed by atoms with Crippen molar-refractivity contribution in [2.75, 3.05) is 4.72 Å². The minimum Gasteiger partial charge on any atom is -0.306 e. The van der Waals surface area contributed by atoms with Gasteiger partial charge in [0.1, 0.15) is 5.65 Å². The zero-order valence-corrected chi connectivity index (χ0v) is 17.2. The standard InChI is InChI=1S/C22H18F3N3O2S/c1-15-9-10-28-13-20(26-21(28)11-15)17-3-2-4-19(12-17)27-31(29,30)14-16-5-7-18(8-6-16)22(23,24)25/h2-13,27H,14H2,1H3. The van der Waals surface area contributed by atoms with Crippen LogP contribution in [0.1, 0.15) is 16.7 Å². The number of benzene rings is 2. The number of anilines is 1. The molecular weight excluding hydrogens is 427 g/mol. The van der Waals surface area contributed by atoms with E-state index in [9.17, 15) is 21.6 Å². The highest BCUT2D eigenvalue weighted by molar-refractivity contribution is 7.91. The van der Waals surface area contributed by atoms with Crippen LogP contribution in [-0.2, 0) is 22.0 Å². The first-order chi connectivity index (χ1) is 14.6. The molecule has 0 aliphatic rings. The van der Waals surface area contributed by atoms with Crippen LogP contribution in [-0.4, -0.2) is 17.8 Å². The molecule has 5 nitrogen and oxygen atoms in total. The summed E-state index contributed by atoms with van der Waals surface area (Å²) in [5.41, 5.74) is 3.06. The van der Waals surface area contributed by atoms with Gasteiger partial charge in [0.05, 0.1) is 17.0 Å². The van der Waals surface area contributed by atoms with Crippen molar-refractivity contribution in [1.29, 1.82) is 0 Å². The van der Waals surface area contributed by atoms with Crippen molar-refractivity contribution < 1.29 is 21.6 Å². The molecule has 2 aromatic carbocycles. The predicted molar refractivity (Wildman–Crippen MR) is 113 cm³/mol. The lowest BCUT2D eigenvalue weighted by molar-refractivity contribution is -0.137. The molecule has 4 aromatic rings. The molecule has 0 unspecified atom stereocenters. The van der Waals surface area contributed by atoms with E-state index in [1.54, 1.807) is 18.2 Å². The second-order valence-electron chi connectivity index (χ2n) is 7.23. The van der Waals surface area contributed by atoms with E-state index >= 15 is 0 Å². The molecule has 0 bridgehead atoms. The Hall–Kier alpha value is -3.33. The number of fused-ring (bicyclic) bond motifs is 1. The number of halogens is 3. The minimum atomic E-state index is -4.47. The molecule has 0 aliphatic carbocycles. The molecule has 0 atom stereocenters. The van der Waals surface area contributed by atoms with Crippen molar-refractivity contribution in [2.24, 2.45) is 0 Å². The molecule has 0 aliphatic heterocycles. The van der Waals surface area contributed by atoms with Crippen molar-refractivity contribution >= 4 is 21.4 Å². The number of pyridine rings is 1. The van der Waals surface area contributed by atoms with Crippen LogP contribution in [0.15, 0.2) is 73.1 Å². The quantitative estimate of drug-likeness (QED) is 0.455. The lowest BCUT2D eigenvalue weighted by Crippen LogP contribution is -2.15. The molecule has 1 N–H and O–H groups in total. The minimum absolute atomic E-state index is 0.257. The largest absolute Gasteiger partial charge is 0.416 e. The van der Waals surface area contributed by atoms with Gasteiger partial charge in [-0.3, -0.25) is 4.72 Å². The van der Waals surface area contributed by atoms with Gasteiger partial charge in [0.25, 0.3) is 0 Å². The van der Waals surface area contributed by atoms with Gasteiger partial charge in [-0.2, -0.15) is 13.2 Å². The SMILES string of the molecule is Cc1ccn2cc(-c3cccc(NS(=O)(=O)Cc4ccc(C(F)(F)F)cc4)c3)nc2c1. The van der Waals surface area contributed by atoms with Crippen molar-refractivity contribution in [3.8, 4) is 11.3 Å². The number of aryl methyl sites for hydroxylation is 1. The first kappa shape index (κ1) is 20.9. The van der Waals surface area contributed by atoms with Gasteiger partial charge in [-0.25, -0.2) is 13.4 Å². The van der Waals surface area contributed by atoms with Gasteiger partial charge in [-0.15, -0.1) is 0 Å². The molecule has 0 saturated carbocycles. The van der Waals surface area contributed by atoms with Gasteiger partial charge < -0.3 is 4.40 Å². The van der Waals surface area contributed by atoms with Crippen molar-refractivity contribution in [3.05, 3.63) is 89.7 Å². The van der Waals surface area contributed by atoms with Crippen LogP contribution in [0.25, 0.3) is 16.9 Å². The molecule has 0 fully saturated rings. The summed E-state index contributed by atoms with van der Waals surface area (Å²) in [5, 5.41) is 0. The molecular formula is C22H18F3N3O2S. The Bertz CT molecular complexity index is 1340. The van der Waals surface area contributed by atoms with Crippen LogP contribution in [0.2, 0.25) is 0 Å². The van der Waals surface area contributed by atoms with Gasteiger partial charge in [0, 0.05) is 23.6 Å². The number of imidazole rings is 1. The Morgan fingerprint density at radius 3 is 2.48 bits per heavy atom. The van der Waals surface area contributed by atoms with E-state index in [0.29, 0.717) is 11.4 Å². The number of sulfonamides is 1. The van der Waals surface area contributed by atoms with Crippen molar-refractivity contribution in [2.45, 2.75) is 18.9 Å². The maximum atomic E-state index is 12.7. The van der Waals surface area contributed by atoms with Crippen molar-refractivity contribution in [1.82, 2.24) is 9.38 Å². The lowest BCUT2D eigenvalue weighted by atomic mass is 10.1. The number of alkyl halides is 3. The highest BCUT2D eigenvalue weighted by Crippen LogP contribution is 2.29. The summed E-state index contributed by atoms with van der Waals surface area (Å²) in [6, 6.07) is 14.8. The van der Waals surface area contributed by atoms with E-state index in [1.165, 1.54) is 0 Å². The zero-order chi connectivity index (χ0) is 22.2. The maximum Gasteiger partial charge on any atom is 0.416 e. The summed E-state index contributed by atoms with van der Waals surface area (Å²) in [5.74, 6) is -0.441. The molecule has 0 radical (unpaired) electrons. The van der Waals surface area contributed by atoms with Crippen molar-refractivity contribution in [3.63, 3.8) is 0 Å². The molecule has 0 amide bonds. The fourth-order valence-electron chi connectivity index (χ4n) is 3.19. The average Bonchev–Trinajstić information content (AvgIpc) is 3.10. The fraction of sp³-hybridized carbons (Fsp3) is 0.136. The predicted octanol–water partition coefficient (Wildman–Crippen LogP) is 5.27. The normalized spacial score (nSPS) is 12.3.